The number of hydrogen-bond donors (Lipinski definition) is 1. The molecule has 0 bridgehead atoms. The summed E-state index contributed by atoms with van der Waals surface area (Å²) in [5, 5.41) is 7.21. The molecule has 0 aliphatic heterocycles. The van der Waals surface area contributed by atoms with Crippen LogP contribution in [0.25, 0.3) is 0 Å². The van der Waals surface area contributed by atoms with Crippen LogP contribution < -0.4 is 5.32 Å². The highest BCUT2D eigenvalue weighted by atomic mass is 35.5. The number of carbonyl (C=O) groups is 1. The zero-order valence-electron chi connectivity index (χ0n) is 9.33. The van der Waals surface area contributed by atoms with Crippen LogP contribution >= 0.6 is 22.9 Å². The second-order valence-electron chi connectivity index (χ2n) is 4.45. The molecule has 1 aromatic heterocycles. The van der Waals surface area contributed by atoms with Crippen molar-refractivity contribution in [1.29, 1.82) is 0 Å². The van der Waals surface area contributed by atoms with E-state index in [-0.39, 0.29) is 5.91 Å². The van der Waals surface area contributed by atoms with Gasteiger partial charge < -0.3 is 5.32 Å². The van der Waals surface area contributed by atoms with Crippen LogP contribution in [0, 0.1) is 12.8 Å². The molecule has 1 amide bonds. The fraction of sp³-hybridized carbons (Fsp3) is 0.583. The quantitative estimate of drug-likeness (QED) is 0.828. The van der Waals surface area contributed by atoms with Gasteiger partial charge in [-0.3, -0.25) is 4.79 Å². The summed E-state index contributed by atoms with van der Waals surface area (Å²) in [6.45, 7) is 2.73. The van der Waals surface area contributed by atoms with E-state index in [1.54, 1.807) is 11.3 Å². The molecule has 4 heteroatoms. The third-order valence-electron chi connectivity index (χ3n) is 3.13. The van der Waals surface area contributed by atoms with E-state index in [2.05, 4.69) is 5.32 Å². The van der Waals surface area contributed by atoms with E-state index in [9.17, 15) is 4.79 Å². The highest BCUT2D eigenvalue weighted by Gasteiger charge is 2.23. The average Bonchev–Trinajstić information content (AvgIpc) is 2.84. The molecule has 1 aliphatic rings. The summed E-state index contributed by atoms with van der Waals surface area (Å²) in [7, 11) is 0. The molecule has 1 heterocycles. The first-order valence-corrected chi connectivity index (χ1v) is 7.00. The lowest BCUT2D eigenvalue weighted by Gasteiger charge is -2.10. The Hall–Kier alpha value is -0.540. The number of rotatable bonds is 3. The molecule has 16 heavy (non-hydrogen) atoms. The first kappa shape index (κ1) is 11.9. The third-order valence-corrected chi connectivity index (χ3v) is 4.39. The van der Waals surface area contributed by atoms with Crippen molar-refractivity contribution in [1.82, 2.24) is 5.32 Å². The van der Waals surface area contributed by atoms with Gasteiger partial charge in [-0.1, -0.05) is 0 Å². The molecular formula is C12H16ClNOS. The van der Waals surface area contributed by atoms with Crippen LogP contribution in [0.2, 0.25) is 0 Å². The number of carbonyl (C=O) groups excluding carboxylic acids is 1. The van der Waals surface area contributed by atoms with Crippen LogP contribution in [0.15, 0.2) is 10.8 Å². The predicted molar refractivity (Wildman–Crippen MR) is 68.4 cm³/mol. The van der Waals surface area contributed by atoms with Crippen LogP contribution in [0.1, 0.15) is 35.2 Å². The number of alkyl halides is 1. The summed E-state index contributed by atoms with van der Waals surface area (Å²) in [6.07, 6.45) is 3.25. The number of thiophene rings is 1. The second kappa shape index (κ2) is 5.19. The molecule has 1 aromatic rings. The van der Waals surface area contributed by atoms with Gasteiger partial charge in [0.25, 0.3) is 5.91 Å². The Morgan fingerprint density at radius 3 is 2.94 bits per heavy atom. The van der Waals surface area contributed by atoms with Gasteiger partial charge in [-0.25, -0.2) is 0 Å². The number of amides is 1. The van der Waals surface area contributed by atoms with E-state index in [1.165, 1.54) is 0 Å². The summed E-state index contributed by atoms with van der Waals surface area (Å²) in [5.41, 5.74) is 1.87. The summed E-state index contributed by atoms with van der Waals surface area (Å²) < 4.78 is 0. The van der Waals surface area contributed by atoms with Crippen LogP contribution in [0.5, 0.6) is 0 Å². The van der Waals surface area contributed by atoms with Crippen molar-refractivity contribution < 1.29 is 4.79 Å². The third kappa shape index (κ3) is 2.77. The van der Waals surface area contributed by atoms with Gasteiger partial charge in [-0.15, -0.1) is 11.6 Å². The number of nitrogens with one attached hydrogen (secondary N) is 1. The Bertz CT molecular complexity index is 377. The zero-order valence-corrected chi connectivity index (χ0v) is 10.9. The minimum Gasteiger partial charge on any atom is -0.352 e. The average molecular weight is 258 g/mol. The van der Waals surface area contributed by atoms with Crippen molar-refractivity contribution in [2.45, 2.75) is 31.6 Å². The molecule has 0 aromatic carbocycles. The Labute approximate surface area is 105 Å². The van der Waals surface area contributed by atoms with Gasteiger partial charge >= 0.3 is 0 Å². The first-order chi connectivity index (χ1) is 7.66. The van der Waals surface area contributed by atoms with Crippen molar-refractivity contribution in [3.63, 3.8) is 0 Å². The molecule has 2 rings (SSSR count). The maximum atomic E-state index is 11.8. The standard InChI is InChI=1S/C12H16ClNOS/c1-8-6-16-7-11(8)12(15)14-5-9-2-3-10(13)4-9/h6-7,9-10H,2-5H2,1H3,(H,14,15). The maximum Gasteiger partial charge on any atom is 0.252 e. The fourth-order valence-electron chi connectivity index (χ4n) is 2.12. The number of hydrogen-bond acceptors (Lipinski definition) is 2. The smallest absolute Gasteiger partial charge is 0.252 e. The Kier molecular flexibility index (Phi) is 3.87. The summed E-state index contributed by atoms with van der Waals surface area (Å²) >= 11 is 7.61. The molecule has 2 nitrogen and oxygen atoms in total. The van der Waals surface area contributed by atoms with E-state index >= 15 is 0 Å². The molecule has 2 unspecified atom stereocenters. The summed E-state index contributed by atoms with van der Waals surface area (Å²) in [6, 6.07) is 0. The molecule has 0 radical (unpaired) electrons. The van der Waals surface area contributed by atoms with Gasteiger partial charge in [-0.05, 0) is 43.0 Å². The molecule has 1 aliphatic carbocycles. The zero-order chi connectivity index (χ0) is 11.5. The van der Waals surface area contributed by atoms with Crippen LogP contribution in [-0.2, 0) is 0 Å². The molecule has 88 valence electrons. The molecule has 1 N–H and O–H groups in total. The van der Waals surface area contributed by atoms with Gasteiger partial charge in [0, 0.05) is 17.3 Å². The second-order valence-corrected chi connectivity index (χ2v) is 5.82. The monoisotopic (exact) mass is 257 g/mol. The minimum absolute atomic E-state index is 0.0526. The molecule has 1 fully saturated rings. The van der Waals surface area contributed by atoms with Crippen molar-refractivity contribution in [2.75, 3.05) is 6.54 Å². The lowest BCUT2D eigenvalue weighted by Crippen LogP contribution is -2.28. The molecule has 0 saturated heterocycles. The van der Waals surface area contributed by atoms with E-state index < -0.39 is 0 Å². The van der Waals surface area contributed by atoms with Crippen LogP contribution in [0.3, 0.4) is 0 Å². The number of halogens is 1. The lowest BCUT2D eigenvalue weighted by molar-refractivity contribution is 0.0947. The van der Waals surface area contributed by atoms with Crippen molar-refractivity contribution in [3.8, 4) is 0 Å². The summed E-state index contributed by atoms with van der Waals surface area (Å²) in [4.78, 5) is 11.8. The highest BCUT2D eigenvalue weighted by Crippen LogP contribution is 2.28. The van der Waals surface area contributed by atoms with Crippen molar-refractivity contribution >= 4 is 28.8 Å². The van der Waals surface area contributed by atoms with Crippen molar-refractivity contribution in [2.24, 2.45) is 5.92 Å². The van der Waals surface area contributed by atoms with Crippen molar-refractivity contribution in [3.05, 3.63) is 21.9 Å². The van der Waals surface area contributed by atoms with Gasteiger partial charge in [0.2, 0.25) is 0 Å². The Morgan fingerprint density at radius 1 is 1.56 bits per heavy atom. The topological polar surface area (TPSA) is 29.1 Å². The van der Waals surface area contributed by atoms with Crippen LogP contribution in [-0.4, -0.2) is 17.8 Å². The molecule has 2 atom stereocenters. The molecule has 0 spiro atoms. The van der Waals surface area contributed by atoms with E-state index in [1.807, 2.05) is 17.7 Å². The van der Waals surface area contributed by atoms with Gasteiger partial charge in [0.1, 0.15) is 0 Å². The SMILES string of the molecule is Cc1cscc1C(=O)NCC1CCC(Cl)C1. The largest absolute Gasteiger partial charge is 0.352 e. The minimum atomic E-state index is 0.0526. The number of aryl methyl sites for hydroxylation is 1. The maximum absolute atomic E-state index is 11.8. The summed E-state index contributed by atoms with van der Waals surface area (Å²) in [5.74, 6) is 0.613. The predicted octanol–water partition coefficient (Wildman–Crippen LogP) is 3.19. The normalized spacial score (nSPS) is 24.6. The van der Waals surface area contributed by atoms with Gasteiger partial charge in [-0.2, -0.15) is 11.3 Å². The Balaban J connectivity index is 1.82. The van der Waals surface area contributed by atoms with Gasteiger partial charge in [0.05, 0.1) is 5.56 Å². The van der Waals surface area contributed by atoms with E-state index in [0.29, 0.717) is 11.3 Å². The highest BCUT2D eigenvalue weighted by molar-refractivity contribution is 7.08. The fourth-order valence-corrected chi connectivity index (χ4v) is 3.33. The first-order valence-electron chi connectivity index (χ1n) is 5.62. The Morgan fingerprint density at radius 2 is 2.38 bits per heavy atom. The van der Waals surface area contributed by atoms with Gasteiger partial charge in [0.15, 0.2) is 0 Å². The van der Waals surface area contributed by atoms with Crippen LogP contribution in [0.4, 0.5) is 0 Å². The van der Waals surface area contributed by atoms with E-state index in [4.69, 9.17) is 11.6 Å². The molecule has 1 saturated carbocycles. The lowest BCUT2D eigenvalue weighted by atomic mass is 10.1. The molecular weight excluding hydrogens is 242 g/mol. The van der Waals surface area contributed by atoms with E-state index in [0.717, 1.165) is 36.9 Å².